The molecule has 4 nitrogen and oxygen atoms in total. The molecule has 1 aromatic rings. The summed E-state index contributed by atoms with van der Waals surface area (Å²) in [6, 6.07) is 8.32. The van der Waals surface area contributed by atoms with Crippen molar-refractivity contribution in [2.24, 2.45) is 0 Å². The summed E-state index contributed by atoms with van der Waals surface area (Å²) >= 11 is 0. The van der Waals surface area contributed by atoms with Gasteiger partial charge in [0.15, 0.2) is 0 Å². The van der Waals surface area contributed by atoms with Gasteiger partial charge in [-0.25, -0.2) is 4.57 Å². The number of hydrogen-bond donors (Lipinski definition) is 0. The average molecular weight is 505 g/mol. The van der Waals surface area contributed by atoms with Crippen LogP contribution in [0.5, 0.6) is 0 Å². The number of hydrogen-bond acceptors (Lipinski definition) is 6. The van der Waals surface area contributed by atoms with E-state index in [0.717, 1.165) is 25.7 Å². The standard InChI is InChI=1S/C25H45O4PS2/c1-9-11-12-15-19-25(8,10-2)29-30(26,28-21(3)4)27-20-18-22-16-13-14-17-23(22)31-32-24(5,6)7/h13-14,16-17,21H,9-12,15,18-20H2,1-8H3. The molecule has 1 aromatic carbocycles. The maximum absolute atomic E-state index is 13.5. The van der Waals surface area contributed by atoms with Gasteiger partial charge in [-0.05, 0) is 51.7 Å². The molecule has 0 aliphatic rings. The van der Waals surface area contributed by atoms with Crippen molar-refractivity contribution in [3.05, 3.63) is 29.8 Å². The third-order valence-corrected chi connectivity index (χ3v) is 10.2. The number of rotatable bonds is 16. The third kappa shape index (κ3) is 12.5. The molecule has 7 heteroatoms. The summed E-state index contributed by atoms with van der Waals surface area (Å²) in [6.45, 7) is 16.9. The van der Waals surface area contributed by atoms with Crippen LogP contribution in [0.1, 0.15) is 99.5 Å². The van der Waals surface area contributed by atoms with E-state index in [-0.39, 0.29) is 17.5 Å². The summed E-state index contributed by atoms with van der Waals surface area (Å²) in [7, 11) is -0.0547. The van der Waals surface area contributed by atoms with Crippen LogP contribution in [-0.4, -0.2) is 23.1 Å². The Hall–Kier alpha value is 0.0300. The summed E-state index contributed by atoms with van der Waals surface area (Å²) in [5.74, 6) is 0. The van der Waals surface area contributed by atoms with E-state index < -0.39 is 13.4 Å². The Labute approximate surface area is 205 Å². The molecule has 0 saturated carbocycles. The number of phosphoric acid groups is 1. The first kappa shape index (κ1) is 30.1. The first-order valence-electron chi connectivity index (χ1n) is 12.0. The molecule has 2 unspecified atom stereocenters. The van der Waals surface area contributed by atoms with Gasteiger partial charge in [0.25, 0.3) is 0 Å². The zero-order chi connectivity index (χ0) is 24.3. The van der Waals surface area contributed by atoms with Crippen LogP contribution in [0.25, 0.3) is 0 Å². The maximum Gasteiger partial charge on any atom is 0.475 e. The third-order valence-electron chi connectivity index (χ3n) is 4.95. The van der Waals surface area contributed by atoms with Crippen LogP contribution in [-0.2, 0) is 24.6 Å². The van der Waals surface area contributed by atoms with Crippen LogP contribution in [0.15, 0.2) is 29.2 Å². The van der Waals surface area contributed by atoms with Crippen LogP contribution in [0.3, 0.4) is 0 Å². The van der Waals surface area contributed by atoms with Gasteiger partial charge in [-0.2, -0.15) is 0 Å². The van der Waals surface area contributed by atoms with Crippen LogP contribution in [0, 0.1) is 0 Å². The predicted octanol–water partition coefficient (Wildman–Crippen LogP) is 9.47. The van der Waals surface area contributed by atoms with Crippen molar-refractivity contribution < 1.29 is 18.1 Å². The van der Waals surface area contributed by atoms with Gasteiger partial charge in [-0.1, -0.05) is 100 Å². The summed E-state index contributed by atoms with van der Waals surface area (Å²) in [5.41, 5.74) is 0.665. The number of unbranched alkanes of at least 4 members (excludes halogenated alkanes) is 3. The van der Waals surface area contributed by atoms with Crippen molar-refractivity contribution in [3.8, 4) is 0 Å². The normalized spacial score (nSPS) is 16.2. The molecule has 0 aliphatic heterocycles. The lowest BCUT2D eigenvalue weighted by molar-refractivity contribution is 0.00271. The highest BCUT2D eigenvalue weighted by molar-refractivity contribution is 8.77. The van der Waals surface area contributed by atoms with Crippen LogP contribution >= 0.6 is 29.4 Å². The largest absolute Gasteiger partial charge is 0.475 e. The summed E-state index contributed by atoms with van der Waals surface area (Å²) in [6.07, 6.45) is 6.63. The van der Waals surface area contributed by atoms with Gasteiger partial charge in [-0.15, -0.1) is 0 Å². The van der Waals surface area contributed by atoms with E-state index in [4.69, 9.17) is 13.6 Å². The Morgan fingerprint density at radius 3 is 2.31 bits per heavy atom. The number of benzene rings is 1. The maximum atomic E-state index is 13.5. The summed E-state index contributed by atoms with van der Waals surface area (Å²) in [4.78, 5) is 1.21. The van der Waals surface area contributed by atoms with E-state index in [2.05, 4.69) is 52.8 Å². The molecular weight excluding hydrogens is 459 g/mol. The molecule has 1 rings (SSSR count). The van der Waals surface area contributed by atoms with Crippen LogP contribution < -0.4 is 0 Å². The monoisotopic (exact) mass is 504 g/mol. The predicted molar refractivity (Wildman–Crippen MR) is 142 cm³/mol. The first-order chi connectivity index (χ1) is 14.9. The highest BCUT2D eigenvalue weighted by Crippen LogP contribution is 2.55. The molecule has 0 heterocycles. The Balaban J connectivity index is 2.80. The minimum absolute atomic E-state index is 0.171. The second-order valence-electron chi connectivity index (χ2n) is 9.78. The molecule has 32 heavy (non-hydrogen) atoms. The van der Waals surface area contributed by atoms with E-state index in [0.29, 0.717) is 6.42 Å². The van der Waals surface area contributed by atoms with Crippen molar-refractivity contribution >= 4 is 29.4 Å². The summed E-state index contributed by atoms with van der Waals surface area (Å²) < 4.78 is 31.4. The Bertz CT molecular complexity index is 705. The van der Waals surface area contributed by atoms with E-state index >= 15 is 0 Å². The second kappa shape index (κ2) is 14.4. The van der Waals surface area contributed by atoms with Crippen molar-refractivity contribution in [1.29, 1.82) is 0 Å². The molecule has 0 N–H and O–H groups in total. The van der Waals surface area contributed by atoms with E-state index in [1.165, 1.54) is 23.3 Å². The number of phosphoric ester groups is 1. The molecule has 0 spiro atoms. The minimum atomic E-state index is -3.68. The fraction of sp³-hybridized carbons (Fsp3) is 0.760. The molecule has 0 aromatic heterocycles. The van der Waals surface area contributed by atoms with E-state index in [1.54, 1.807) is 10.8 Å². The molecular formula is C25H45O4PS2. The smallest absolute Gasteiger partial charge is 0.287 e. The molecule has 0 amide bonds. The molecule has 0 saturated heterocycles. The second-order valence-corrected chi connectivity index (χ2v) is 14.3. The topological polar surface area (TPSA) is 44.8 Å². The van der Waals surface area contributed by atoms with Gasteiger partial charge >= 0.3 is 7.82 Å². The lowest BCUT2D eigenvalue weighted by Gasteiger charge is -2.32. The Kier molecular flexibility index (Phi) is 13.6. The highest BCUT2D eigenvalue weighted by atomic mass is 33.1. The fourth-order valence-electron chi connectivity index (χ4n) is 3.05. The Morgan fingerprint density at radius 2 is 1.72 bits per heavy atom. The van der Waals surface area contributed by atoms with Gasteiger partial charge in [-0.3, -0.25) is 13.6 Å². The van der Waals surface area contributed by atoms with Crippen molar-refractivity contribution in [2.75, 3.05) is 6.61 Å². The van der Waals surface area contributed by atoms with Crippen molar-refractivity contribution in [3.63, 3.8) is 0 Å². The lowest BCUT2D eigenvalue weighted by Crippen LogP contribution is -2.28. The van der Waals surface area contributed by atoms with E-state index in [9.17, 15) is 4.57 Å². The molecule has 0 bridgehead atoms. The minimum Gasteiger partial charge on any atom is -0.287 e. The Morgan fingerprint density at radius 1 is 1.03 bits per heavy atom. The zero-order valence-electron chi connectivity index (χ0n) is 21.4. The first-order valence-corrected chi connectivity index (χ1v) is 15.6. The molecule has 0 radical (unpaired) electrons. The van der Waals surface area contributed by atoms with Crippen molar-refractivity contribution in [2.45, 2.75) is 122 Å². The SMILES string of the molecule is CCCCCCC(C)(CC)OP(=O)(OCCc1ccccc1SSC(C)(C)C)OC(C)C. The molecule has 2 atom stereocenters. The lowest BCUT2D eigenvalue weighted by atomic mass is 9.95. The quantitative estimate of drug-likeness (QED) is 0.127. The zero-order valence-corrected chi connectivity index (χ0v) is 24.0. The van der Waals surface area contributed by atoms with Gasteiger partial charge in [0.2, 0.25) is 0 Å². The fourth-order valence-corrected chi connectivity index (χ4v) is 7.05. The molecule has 0 fully saturated rings. The van der Waals surface area contributed by atoms with E-state index in [1.807, 2.05) is 37.6 Å². The van der Waals surface area contributed by atoms with Crippen LogP contribution in [0.2, 0.25) is 0 Å². The van der Waals surface area contributed by atoms with Gasteiger partial charge in [0, 0.05) is 9.64 Å². The summed E-state index contributed by atoms with van der Waals surface area (Å²) in [5, 5.41) is 0. The molecule has 0 aliphatic carbocycles. The molecule has 186 valence electrons. The average Bonchev–Trinajstić information content (AvgIpc) is 2.69. The highest BCUT2D eigenvalue weighted by Gasteiger charge is 2.37. The van der Waals surface area contributed by atoms with Gasteiger partial charge in [0.05, 0.1) is 18.3 Å². The van der Waals surface area contributed by atoms with Gasteiger partial charge < -0.3 is 0 Å². The van der Waals surface area contributed by atoms with Crippen molar-refractivity contribution in [1.82, 2.24) is 0 Å². The van der Waals surface area contributed by atoms with Gasteiger partial charge in [0.1, 0.15) is 0 Å². The van der Waals surface area contributed by atoms with Crippen LogP contribution in [0.4, 0.5) is 0 Å².